The molecule has 0 spiro atoms. The van der Waals surface area contributed by atoms with Gasteiger partial charge in [0, 0.05) is 10.7 Å². The van der Waals surface area contributed by atoms with E-state index in [0.717, 1.165) is 11.1 Å². The van der Waals surface area contributed by atoms with Crippen molar-refractivity contribution in [1.82, 2.24) is 5.43 Å². The van der Waals surface area contributed by atoms with Crippen molar-refractivity contribution in [3.05, 3.63) is 88.4 Å². The summed E-state index contributed by atoms with van der Waals surface area (Å²) in [6.07, 6.45) is 1.40. The lowest BCUT2D eigenvalue weighted by Gasteiger charge is -2.11. The minimum absolute atomic E-state index is 0.405. The largest absolute Gasteiger partial charge is 0.493 e. The molecule has 0 saturated carbocycles. The molecule has 0 fully saturated rings. The summed E-state index contributed by atoms with van der Waals surface area (Å²) in [5, 5.41) is 6.78. The van der Waals surface area contributed by atoms with Crippen molar-refractivity contribution in [1.29, 1.82) is 0 Å². The number of nitrogens with one attached hydrogen (secondary N) is 2. The average Bonchev–Trinajstić information content (AvgIpc) is 2.81. The maximum atomic E-state index is 12.0. The number of hydrogen-bond acceptors (Lipinski definition) is 5. The number of amides is 2. The fraction of sp³-hybridized carbons (Fsp3) is 0.125. The van der Waals surface area contributed by atoms with Gasteiger partial charge in [-0.1, -0.05) is 48.0 Å². The number of aryl methyl sites for hydroxylation is 1. The van der Waals surface area contributed by atoms with E-state index in [-0.39, 0.29) is 0 Å². The van der Waals surface area contributed by atoms with Crippen LogP contribution < -0.4 is 20.2 Å². The first-order valence-electron chi connectivity index (χ1n) is 9.71. The Labute approximate surface area is 191 Å². The maximum absolute atomic E-state index is 12.0. The third-order valence-corrected chi connectivity index (χ3v) is 4.85. The Morgan fingerprint density at radius 3 is 2.50 bits per heavy atom. The number of ether oxygens (including phenoxy) is 2. The van der Waals surface area contributed by atoms with Crippen molar-refractivity contribution < 1.29 is 19.1 Å². The van der Waals surface area contributed by atoms with Crippen LogP contribution in [0.15, 0.2) is 71.8 Å². The van der Waals surface area contributed by atoms with E-state index in [9.17, 15) is 9.59 Å². The van der Waals surface area contributed by atoms with Crippen LogP contribution in [-0.4, -0.2) is 25.1 Å². The number of rotatable bonds is 7. The number of anilines is 1. The zero-order chi connectivity index (χ0) is 22.9. The van der Waals surface area contributed by atoms with Crippen molar-refractivity contribution >= 4 is 35.3 Å². The van der Waals surface area contributed by atoms with Gasteiger partial charge in [0.15, 0.2) is 11.5 Å². The second kappa shape index (κ2) is 11.0. The van der Waals surface area contributed by atoms with Crippen LogP contribution in [0.3, 0.4) is 0 Å². The number of halogens is 1. The molecule has 3 aromatic rings. The lowest BCUT2D eigenvalue weighted by atomic mass is 10.2. The molecule has 0 aliphatic heterocycles. The highest BCUT2D eigenvalue weighted by molar-refractivity contribution is 6.39. The van der Waals surface area contributed by atoms with Crippen molar-refractivity contribution in [2.45, 2.75) is 13.5 Å². The summed E-state index contributed by atoms with van der Waals surface area (Å²) in [5.74, 6) is -0.670. The molecule has 0 heterocycles. The van der Waals surface area contributed by atoms with E-state index in [1.54, 1.807) is 36.4 Å². The molecule has 0 atom stereocenters. The molecule has 7 nitrogen and oxygen atoms in total. The molecule has 2 N–H and O–H groups in total. The minimum Gasteiger partial charge on any atom is -0.493 e. The van der Waals surface area contributed by atoms with Crippen molar-refractivity contribution in [3.8, 4) is 11.5 Å². The van der Waals surface area contributed by atoms with Crippen LogP contribution in [0.5, 0.6) is 11.5 Å². The molecule has 0 radical (unpaired) electrons. The topological polar surface area (TPSA) is 89.0 Å². The van der Waals surface area contributed by atoms with Crippen molar-refractivity contribution in [2.75, 3.05) is 12.4 Å². The van der Waals surface area contributed by atoms with E-state index in [0.29, 0.717) is 34.4 Å². The van der Waals surface area contributed by atoms with E-state index in [4.69, 9.17) is 21.1 Å². The van der Waals surface area contributed by atoms with Gasteiger partial charge in [0.2, 0.25) is 0 Å². The predicted molar refractivity (Wildman–Crippen MR) is 124 cm³/mol. The first-order valence-corrected chi connectivity index (χ1v) is 10.1. The van der Waals surface area contributed by atoms with Gasteiger partial charge in [-0.25, -0.2) is 5.43 Å². The Morgan fingerprint density at radius 1 is 1.00 bits per heavy atom. The quantitative estimate of drug-likeness (QED) is 0.318. The Bertz CT molecular complexity index is 1130. The van der Waals surface area contributed by atoms with Crippen LogP contribution >= 0.6 is 11.6 Å². The second-order valence-corrected chi connectivity index (χ2v) is 7.21. The number of nitrogens with zero attached hydrogens (tertiary/aromatic N) is 1. The molecule has 164 valence electrons. The predicted octanol–water partition coefficient (Wildman–Crippen LogP) is 4.32. The summed E-state index contributed by atoms with van der Waals surface area (Å²) in [4.78, 5) is 24.0. The van der Waals surface area contributed by atoms with Crippen molar-refractivity contribution in [3.63, 3.8) is 0 Å². The van der Waals surface area contributed by atoms with Crippen molar-refractivity contribution in [2.24, 2.45) is 5.10 Å². The highest BCUT2D eigenvalue weighted by Gasteiger charge is 2.13. The smallest absolute Gasteiger partial charge is 0.329 e. The number of methoxy groups -OCH3 is 1. The van der Waals surface area contributed by atoms with Gasteiger partial charge < -0.3 is 14.8 Å². The minimum atomic E-state index is -0.910. The molecule has 0 aromatic heterocycles. The number of carbonyl (C=O) groups is 2. The summed E-state index contributed by atoms with van der Waals surface area (Å²) < 4.78 is 11.2. The molecule has 0 aliphatic carbocycles. The zero-order valence-electron chi connectivity index (χ0n) is 17.6. The van der Waals surface area contributed by atoms with Crippen LogP contribution in [-0.2, 0) is 16.2 Å². The highest BCUT2D eigenvalue weighted by atomic mass is 35.5. The van der Waals surface area contributed by atoms with Gasteiger partial charge in [0.25, 0.3) is 0 Å². The lowest BCUT2D eigenvalue weighted by molar-refractivity contribution is -0.136. The molecule has 8 heteroatoms. The van der Waals surface area contributed by atoms with Crippen LogP contribution in [0, 0.1) is 6.92 Å². The monoisotopic (exact) mass is 451 g/mol. The van der Waals surface area contributed by atoms with Gasteiger partial charge in [-0.15, -0.1) is 0 Å². The van der Waals surface area contributed by atoms with Crippen LogP contribution in [0.25, 0.3) is 0 Å². The first kappa shape index (κ1) is 22.8. The summed E-state index contributed by atoms with van der Waals surface area (Å²) in [6, 6.07) is 20.0. The molecular formula is C24H22ClN3O4. The molecule has 3 rings (SSSR count). The molecule has 0 unspecified atom stereocenters. The Balaban J connectivity index is 1.56. The van der Waals surface area contributed by atoms with Crippen LogP contribution in [0.4, 0.5) is 5.69 Å². The van der Waals surface area contributed by atoms with E-state index >= 15 is 0 Å². The number of benzene rings is 3. The van der Waals surface area contributed by atoms with Gasteiger partial charge in [0.1, 0.15) is 6.61 Å². The summed E-state index contributed by atoms with van der Waals surface area (Å²) >= 11 is 6.02. The fourth-order valence-electron chi connectivity index (χ4n) is 2.69. The van der Waals surface area contributed by atoms with Gasteiger partial charge in [-0.2, -0.15) is 5.10 Å². The van der Waals surface area contributed by atoms with E-state index in [1.165, 1.54) is 13.3 Å². The third-order valence-electron chi connectivity index (χ3n) is 4.44. The normalized spacial score (nSPS) is 10.6. The average molecular weight is 452 g/mol. The molecular weight excluding hydrogens is 430 g/mol. The Kier molecular flexibility index (Phi) is 7.83. The molecule has 0 saturated heterocycles. The highest BCUT2D eigenvalue weighted by Crippen LogP contribution is 2.28. The summed E-state index contributed by atoms with van der Waals surface area (Å²) in [7, 11) is 1.54. The third kappa shape index (κ3) is 6.33. The van der Waals surface area contributed by atoms with E-state index in [1.807, 2.05) is 37.3 Å². The fourth-order valence-corrected chi connectivity index (χ4v) is 2.87. The molecule has 0 aliphatic rings. The number of hydrogen-bond donors (Lipinski definition) is 2. The number of carbonyl (C=O) groups excluding carboxylic acids is 2. The Hall–Kier alpha value is -3.84. The molecule has 0 bridgehead atoms. The van der Waals surface area contributed by atoms with E-state index in [2.05, 4.69) is 15.8 Å². The van der Waals surface area contributed by atoms with Gasteiger partial charge in [0.05, 0.1) is 13.3 Å². The second-order valence-electron chi connectivity index (χ2n) is 6.80. The molecule has 32 heavy (non-hydrogen) atoms. The molecule has 2 amide bonds. The van der Waals surface area contributed by atoms with Crippen LogP contribution in [0.2, 0.25) is 5.02 Å². The lowest BCUT2D eigenvalue weighted by Crippen LogP contribution is -2.32. The van der Waals surface area contributed by atoms with Gasteiger partial charge >= 0.3 is 11.8 Å². The summed E-state index contributed by atoms with van der Waals surface area (Å²) in [5.41, 5.74) is 5.16. The SMILES string of the molecule is COc1cc(C=NNC(=O)C(=O)Nc2ccc(C)c(Cl)c2)ccc1OCc1ccccc1. The standard InChI is InChI=1S/C24H22ClN3O4/c1-16-8-10-19(13-20(16)25)27-23(29)24(30)28-26-14-18-9-11-21(22(12-18)31-2)32-15-17-6-4-3-5-7-17/h3-14H,15H2,1-2H3,(H,27,29)(H,28,30). The zero-order valence-corrected chi connectivity index (χ0v) is 18.3. The maximum Gasteiger partial charge on any atom is 0.329 e. The van der Waals surface area contributed by atoms with Gasteiger partial charge in [-0.3, -0.25) is 9.59 Å². The summed E-state index contributed by atoms with van der Waals surface area (Å²) in [6.45, 7) is 2.24. The van der Waals surface area contributed by atoms with E-state index < -0.39 is 11.8 Å². The van der Waals surface area contributed by atoms with Crippen LogP contribution in [0.1, 0.15) is 16.7 Å². The Morgan fingerprint density at radius 2 is 1.78 bits per heavy atom. The first-order chi connectivity index (χ1) is 15.5. The molecule has 3 aromatic carbocycles. The van der Waals surface area contributed by atoms with Gasteiger partial charge in [-0.05, 0) is 53.9 Å². The number of hydrazone groups is 1.